The maximum absolute atomic E-state index is 5.39. The van der Waals surface area contributed by atoms with Gasteiger partial charge in [-0.25, -0.2) is 0 Å². The van der Waals surface area contributed by atoms with E-state index in [1.807, 2.05) is 7.05 Å². The lowest BCUT2D eigenvalue weighted by Crippen LogP contribution is -2.38. The molecule has 0 aliphatic heterocycles. The number of rotatable bonds is 7. The van der Waals surface area contributed by atoms with Crippen LogP contribution < -0.4 is 5.32 Å². The van der Waals surface area contributed by atoms with Crippen LogP contribution in [0.15, 0.2) is 12.2 Å². The Morgan fingerprint density at radius 1 is 1.54 bits per heavy atom. The summed E-state index contributed by atoms with van der Waals surface area (Å²) in [4.78, 5) is 0. The second-order valence-electron chi connectivity index (χ2n) is 3.57. The highest BCUT2D eigenvalue weighted by atomic mass is 16.5. The molecule has 0 spiro atoms. The summed E-state index contributed by atoms with van der Waals surface area (Å²) in [5, 5.41) is 3.29. The summed E-state index contributed by atoms with van der Waals surface area (Å²) in [6.07, 6.45) is 3.56. The quantitative estimate of drug-likeness (QED) is 0.615. The average Bonchev–Trinajstić information content (AvgIpc) is 2.11. The van der Waals surface area contributed by atoms with Gasteiger partial charge in [0.15, 0.2) is 0 Å². The van der Waals surface area contributed by atoms with E-state index in [0.29, 0.717) is 12.1 Å². The summed E-state index contributed by atoms with van der Waals surface area (Å²) in [6, 6.07) is 0.451. The first kappa shape index (κ1) is 12.7. The van der Waals surface area contributed by atoms with Crippen LogP contribution >= 0.6 is 0 Å². The van der Waals surface area contributed by atoms with Gasteiger partial charge in [0, 0.05) is 13.2 Å². The van der Waals surface area contributed by atoms with Gasteiger partial charge in [-0.15, -0.1) is 6.58 Å². The van der Waals surface area contributed by atoms with Crippen molar-refractivity contribution in [3.05, 3.63) is 12.2 Å². The van der Waals surface area contributed by atoms with Crippen molar-refractivity contribution in [1.82, 2.24) is 5.32 Å². The molecule has 2 atom stereocenters. The summed E-state index contributed by atoms with van der Waals surface area (Å²) >= 11 is 0. The van der Waals surface area contributed by atoms with Gasteiger partial charge in [-0.1, -0.05) is 12.5 Å². The van der Waals surface area contributed by atoms with Crippen LogP contribution in [0.5, 0.6) is 0 Å². The number of hydrogen-bond acceptors (Lipinski definition) is 2. The smallest absolute Gasteiger partial charge is 0.0721 e. The van der Waals surface area contributed by atoms with E-state index in [1.54, 1.807) is 7.11 Å². The maximum atomic E-state index is 5.39. The van der Waals surface area contributed by atoms with Crippen LogP contribution in [-0.2, 0) is 4.74 Å². The highest BCUT2D eigenvalue weighted by Gasteiger charge is 2.16. The fourth-order valence-corrected chi connectivity index (χ4v) is 1.53. The summed E-state index contributed by atoms with van der Waals surface area (Å²) in [5.41, 5.74) is 1.24. The topological polar surface area (TPSA) is 21.3 Å². The largest absolute Gasteiger partial charge is 0.380 e. The zero-order chi connectivity index (χ0) is 10.3. The van der Waals surface area contributed by atoms with Gasteiger partial charge in [0.25, 0.3) is 0 Å². The van der Waals surface area contributed by atoms with Gasteiger partial charge in [-0.3, -0.25) is 0 Å². The number of hydrogen-bond donors (Lipinski definition) is 1. The van der Waals surface area contributed by atoms with Crippen molar-refractivity contribution in [2.24, 2.45) is 0 Å². The van der Waals surface area contributed by atoms with E-state index in [-0.39, 0.29) is 0 Å². The van der Waals surface area contributed by atoms with Crippen LogP contribution in [0.2, 0.25) is 0 Å². The number of nitrogens with one attached hydrogen (secondary N) is 1. The fourth-order valence-electron chi connectivity index (χ4n) is 1.53. The van der Waals surface area contributed by atoms with E-state index in [9.17, 15) is 0 Å². The maximum Gasteiger partial charge on any atom is 0.0721 e. The van der Waals surface area contributed by atoms with E-state index in [2.05, 4.69) is 25.7 Å². The third-order valence-electron chi connectivity index (χ3n) is 2.41. The zero-order valence-corrected chi connectivity index (χ0v) is 9.39. The molecule has 0 aromatic rings. The van der Waals surface area contributed by atoms with Crippen molar-refractivity contribution < 1.29 is 4.74 Å². The highest BCUT2D eigenvalue weighted by molar-refractivity contribution is 4.90. The molecular formula is C11H23NO. The first-order chi connectivity index (χ1) is 6.15. The van der Waals surface area contributed by atoms with Crippen molar-refractivity contribution in [2.45, 2.75) is 45.3 Å². The number of ether oxygens (including phenoxy) is 1. The average molecular weight is 185 g/mol. The molecule has 0 saturated carbocycles. The molecule has 2 heteroatoms. The molecule has 0 aromatic heterocycles. The predicted molar refractivity (Wildman–Crippen MR) is 58.0 cm³/mol. The predicted octanol–water partition coefficient (Wildman–Crippen LogP) is 2.36. The van der Waals surface area contributed by atoms with Crippen LogP contribution in [0.1, 0.15) is 33.1 Å². The van der Waals surface area contributed by atoms with Crippen LogP contribution in [0.4, 0.5) is 0 Å². The Labute approximate surface area is 82.4 Å². The third-order valence-corrected chi connectivity index (χ3v) is 2.41. The lowest BCUT2D eigenvalue weighted by molar-refractivity contribution is 0.0651. The van der Waals surface area contributed by atoms with Crippen LogP contribution in [-0.4, -0.2) is 26.3 Å². The summed E-state index contributed by atoms with van der Waals surface area (Å²) in [5.74, 6) is 0. The Balaban J connectivity index is 3.92. The van der Waals surface area contributed by atoms with Crippen molar-refractivity contribution in [3.8, 4) is 0 Å². The van der Waals surface area contributed by atoms with Gasteiger partial charge in [0.05, 0.1) is 6.10 Å². The number of likely N-dealkylation sites (N-methyl/N-ethyl adjacent to an activating group) is 1. The van der Waals surface area contributed by atoms with E-state index in [4.69, 9.17) is 4.74 Å². The van der Waals surface area contributed by atoms with Gasteiger partial charge >= 0.3 is 0 Å². The molecule has 0 fully saturated rings. The molecule has 0 aromatic carbocycles. The molecule has 0 amide bonds. The lowest BCUT2D eigenvalue weighted by Gasteiger charge is -2.24. The molecule has 1 N–H and O–H groups in total. The third kappa shape index (κ3) is 5.06. The summed E-state index contributed by atoms with van der Waals surface area (Å²) in [7, 11) is 3.77. The molecule has 0 heterocycles. The Hall–Kier alpha value is -0.340. The fraction of sp³-hybridized carbons (Fsp3) is 0.818. The Bertz CT molecular complexity index is 141. The van der Waals surface area contributed by atoms with Gasteiger partial charge in [-0.2, -0.15) is 0 Å². The lowest BCUT2D eigenvalue weighted by atomic mass is 10.0. The zero-order valence-electron chi connectivity index (χ0n) is 9.39. The second-order valence-corrected chi connectivity index (χ2v) is 3.57. The van der Waals surface area contributed by atoms with E-state index in [1.165, 1.54) is 5.57 Å². The minimum atomic E-state index is 0.323. The van der Waals surface area contributed by atoms with Crippen LogP contribution in [0.3, 0.4) is 0 Å². The first-order valence-corrected chi connectivity index (χ1v) is 5.00. The van der Waals surface area contributed by atoms with E-state index >= 15 is 0 Å². The van der Waals surface area contributed by atoms with Crippen molar-refractivity contribution in [1.29, 1.82) is 0 Å². The van der Waals surface area contributed by atoms with Crippen molar-refractivity contribution >= 4 is 0 Å². The highest BCUT2D eigenvalue weighted by Crippen LogP contribution is 2.11. The minimum Gasteiger partial charge on any atom is -0.380 e. The first-order valence-electron chi connectivity index (χ1n) is 5.00. The molecule has 78 valence electrons. The molecule has 0 rings (SSSR count). The van der Waals surface area contributed by atoms with E-state index < -0.39 is 0 Å². The number of methoxy groups -OCH3 is 1. The SMILES string of the molecule is C=C(C)CCC(NC)C(CC)OC. The molecule has 0 radical (unpaired) electrons. The molecule has 2 unspecified atom stereocenters. The van der Waals surface area contributed by atoms with Crippen LogP contribution in [0, 0.1) is 0 Å². The van der Waals surface area contributed by atoms with Crippen molar-refractivity contribution in [3.63, 3.8) is 0 Å². The molecular weight excluding hydrogens is 162 g/mol. The van der Waals surface area contributed by atoms with Gasteiger partial charge < -0.3 is 10.1 Å². The summed E-state index contributed by atoms with van der Waals surface area (Å²) in [6.45, 7) is 8.13. The van der Waals surface area contributed by atoms with Gasteiger partial charge in [0.1, 0.15) is 0 Å². The minimum absolute atomic E-state index is 0.323. The van der Waals surface area contributed by atoms with Crippen LogP contribution in [0.25, 0.3) is 0 Å². The normalized spacial score (nSPS) is 15.4. The van der Waals surface area contributed by atoms with Crippen molar-refractivity contribution in [2.75, 3.05) is 14.2 Å². The Kier molecular flexibility index (Phi) is 6.92. The molecule has 0 aliphatic carbocycles. The van der Waals surface area contributed by atoms with E-state index in [0.717, 1.165) is 19.3 Å². The molecule has 0 aliphatic rings. The molecule has 0 saturated heterocycles. The Morgan fingerprint density at radius 2 is 2.15 bits per heavy atom. The number of allylic oxidation sites excluding steroid dienone is 1. The standard InChI is InChI=1S/C11H23NO/c1-6-11(13-5)10(12-4)8-7-9(2)3/h10-12H,2,6-8H2,1,3-5H3. The summed E-state index contributed by atoms with van der Waals surface area (Å²) < 4.78 is 5.39. The Morgan fingerprint density at radius 3 is 2.46 bits per heavy atom. The van der Waals surface area contributed by atoms with Gasteiger partial charge in [-0.05, 0) is 33.2 Å². The monoisotopic (exact) mass is 185 g/mol. The molecule has 13 heavy (non-hydrogen) atoms. The molecule has 0 bridgehead atoms. The molecule has 2 nitrogen and oxygen atoms in total. The van der Waals surface area contributed by atoms with Gasteiger partial charge in [0.2, 0.25) is 0 Å². The second kappa shape index (κ2) is 7.10.